The van der Waals surface area contributed by atoms with Gasteiger partial charge in [0, 0.05) is 32.7 Å². The molecular formula is C12H21NO4. The van der Waals surface area contributed by atoms with Crippen LogP contribution in [0.1, 0.15) is 19.3 Å². The summed E-state index contributed by atoms with van der Waals surface area (Å²) >= 11 is 0. The zero-order valence-corrected chi connectivity index (χ0v) is 10.3. The average molecular weight is 243 g/mol. The van der Waals surface area contributed by atoms with Gasteiger partial charge in [-0.05, 0) is 12.8 Å². The van der Waals surface area contributed by atoms with Crippen molar-refractivity contribution >= 4 is 5.78 Å². The maximum absolute atomic E-state index is 12.1. The van der Waals surface area contributed by atoms with Crippen LogP contribution in [0.3, 0.4) is 0 Å². The van der Waals surface area contributed by atoms with E-state index in [9.17, 15) is 4.79 Å². The molecule has 0 aliphatic carbocycles. The second-order valence-electron chi connectivity index (χ2n) is 4.99. The number of Topliss-reactive ketones (excluding diaryl/α,β-unsaturated/α-hetero) is 1. The van der Waals surface area contributed by atoms with Crippen LogP contribution in [0.2, 0.25) is 0 Å². The molecule has 2 aliphatic rings. The quantitative estimate of drug-likeness (QED) is 0.759. The molecule has 0 amide bonds. The summed E-state index contributed by atoms with van der Waals surface area (Å²) in [5, 5.41) is 0. The number of rotatable bonds is 4. The molecule has 17 heavy (non-hydrogen) atoms. The number of carbonyl (C=O) groups is 1. The second-order valence-corrected chi connectivity index (χ2v) is 4.99. The van der Waals surface area contributed by atoms with Crippen molar-refractivity contribution in [2.24, 2.45) is 11.7 Å². The van der Waals surface area contributed by atoms with Gasteiger partial charge in [-0.1, -0.05) is 0 Å². The first kappa shape index (κ1) is 13.0. The predicted octanol–water partition coefficient (Wildman–Crippen LogP) is 0.115. The van der Waals surface area contributed by atoms with Crippen LogP contribution in [-0.2, 0) is 19.0 Å². The molecule has 5 heteroatoms. The minimum atomic E-state index is -0.512. The van der Waals surface area contributed by atoms with Gasteiger partial charge in [0.25, 0.3) is 0 Å². The van der Waals surface area contributed by atoms with Gasteiger partial charge in [-0.2, -0.15) is 0 Å². The Morgan fingerprint density at radius 3 is 3.06 bits per heavy atom. The molecule has 0 radical (unpaired) electrons. The van der Waals surface area contributed by atoms with Crippen LogP contribution < -0.4 is 5.73 Å². The van der Waals surface area contributed by atoms with E-state index in [0.29, 0.717) is 19.8 Å². The number of hydrogen-bond donors (Lipinski definition) is 1. The summed E-state index contributed by atoms with van der Waals surface area (Å²) in [5.74, 6) is 0.0945. The Bertz CT molecular complexity index is 276. The van der Waals surface area contributed by atoms with E-state index in [1.54, 1.807) is 7.11 Å². The molecule has 0 bridgehead atoms. The molecule has 2 saturated heterocycles. The molecule has 2 heterocycles. The average Bonchev–Trinajstić information content (AvgIpc) is 2.76. The standard InChI is InChI=1S/C12H21NO4/c1-15-7-10(13)11(14)9-2-4-17-12(6-9)3-5-16-8-12/h9-10H,2-8,13H2,1H3. The summed E-state index contributed by atoms with van der Waals surface area (Å²) in [7, 11) is 1.56. The van der Waals surface area contributed by atoms with Crippen LogP contribution in [0.4, 0.5) is 0 Å². The SMILES string of the molecule is COCC(N)C(=O)C1CCOC2(CCOC2)C1. The van der Waals surface area contributed by atoms with Crippen molar-refractivity contribution in [1.82, 2.24) is 0 Å². The molecule has 0 aromatic heterocycles. The van der Waals surface area contributed by atoms with Crippen LogP contribution in [0.5, 0.6) is 0 Å². The lowest BCUT2D eigenvalue weighted by molar-refractivity contribution is -0.139. The first-order chi connectivity index (χ1) is 8.17. The van der Waals surface area contributed by atoms with Crippen molar-refractivity contribution in [3.8, 4) is 0 Å². The maximum atomic E-state index is 12.1. The Morgan fingerprint density at radius 1 is 1.59 bits per heavy atom. The van der Waals surface area contributed by atoms with Gasteiger partial charge in [0.1, 0.15) is 0 Å². The molecule has 0 aromatic carbocycles. The van der Waals surface area contributed by atoms with E-state index in [-0.39, 0.29) is 17.3 Å². The Labute approximate surface area is 102 Å². The Kier molecular flexibility index (Phi) is 4.14. The molecule has 2 fully saturated rings. The van der Waals surface area contributed by atoms with Crippen molar-refractivity contribution in [1.29, 1.82) is 0 Å². The van der Waals surface area contributed by atoms with Crippen LogP contribution >= 0.6 is 0 Å². The second kappa shape index (κ2) is 5.44. The van der Waals surface area contributed by atoms with Gasteiger partial charge in [0.05, 0.1) is 24.9 Å². The van der Waals surface area contributed by atoms with E-state index in [1.165, 1.54) is 0 Å². The lowest BCUT2D eigenvalue weighted by Crippen LogP contribution is -2.47. The highest BCUT2D eigenvalue weighted by Crippen LogP contribution is 2.36. The highest BCUT2D eigenvalue weighted by atomic mass is 16.6. The minimum Gasteiger partial charge on any atom is -0.383 e. The van der Waals surface area contributed by atoms with Gasteiger partial charge in [-0.3, -0.25) is 4.79 Å². The number of ether oxygens (including phenoxy) is 3. The molecule has 0 saturated carbocycles. The Balaban J connectivity index is 1.94. The van der Waals surface area contributed by atoms with Crippen LogP contribution in [0, 0.1) is 5.92 Å². The molecule has 3 atom stereocenters. The zero-order valence-electron chi connectivity index (χ0n) is 10.3. The number of hydrogen-bond acceptors (Lipinski definition) is 5. The van der Waals surface area contributed by atoms with Crippen LogP contribution in [0.25, 0.3) is 0 Å². The first-order valence-corrected chi connectivity index (χ1v) is 6.17. The fourth-order valence-electron chi connectivity index (χ4n) is 2.70. The normalized spacial score (nSPS) is 35.1. The van der Waals surface area contributed by atoms with Gasteiger partial charge in [0.15, 0.2) is 5.78 Å². The molecule has 1 spiro atoms. The van der Waals surface area contributed by atoms with Crippen molar-refractivity contribution in [2.75, 3.05) is 33.5 Å². The van der Waals surface area contributed by atoms with Gasteiger partial charge in [0.2, 0.25) is 0 Å². The molecule has 3 unspecified atom stereocenters. The zero-order chi connectivity index (χ0) is 12.3. The number of nitrogens with two attached hydrogens (primary N) is 1. The summed E-state index contributed by atoms with van der Waals surface area (Å²) < 4.78 is 16.1. The van der Waals surface area contributed by atoms with Crippen molar-refractivity contribution in [2.45, 2.75) is 30.9 Å². The van der Waals surface area contributed by atoms with Gasteiger partial charge >= 0.3 is 0 Å². The first-order valence-electron chi connectivity index (χ1n) is 6.17. The van der Waals surface area contributed by atoms with Gasteiger partial charge in [-0.25, -0.2) is 0 Å². The van der Waals surface area contributed by atoms with E-state index >= 15 is 0 Å². The third-order valence-electron chi connectivity index (χ3n) is 3.67. The van der Waals surface area contributed by atoms with E-state index in [2.05, 4.69) is 0 Å². The summed E-state index contributed by atoms with van der Waals surface area (Å²) in [6.45, 7) is 2.25. The summed E-state index contributed by atoms with van der Waals surface area (Å²) in [4.78, 5) is 12.1. The van der Waals surface area contributed by atoms with Crippen molar-refractivity contribution < 1.29 is 19.0 Å². The Hall–Kier alpha value is -0.490. The third-order valence-corrected chi connectivity index (χ3v) is 3.67. The van der Waals surface area contributed by atoms with E-state index in [4.69, 9.17) is 19.9 Å². The largest absolute Gasteiger partial charge is 0.383 e. The fraction of sp³-hybridized carbons (Fsp3) is 0.917. The molecule has 5 nitrogen and oxygen atoms in total. The van der Waals surface area contributed by atoms with E-state index < -0.39 is 6.04 Å². The van der Waals surface area contributed by atoms with Crippen molar-refractivity contribution in [3.05, 3.63) is 0 Å². The molecule has 0 aromatic rings. The Morgan fingerprint density at radius 2 is 2.41 bits per heavy atom. The van der Waals surface area contributed by atoms with Crippen molar-refractivity contribution in [3.63, 3.8) is 0 Å². The fourth-order valence-corrected chi connectivity index (χ4v) is 2.70. The molecule has 98 valence electrons. The lowest BCUT2D eigenvalue weighted by Gasteiger charge is -2.37. The number of carbonyl (C=O) groups excluding carboxylic acids is 1. The summed E-state index contributed by atoms with van der Waals surface area (Å²) in [6, 6.07) is -0.512. The smallest absolute Gasteiger partial charge is 0.155 e. The highest BCUT2D eigenvalue weighted by molar-refractivity contribution is 5.86. The molecule has 2 rings (SSSR count). The van der Waals surface area contributed by atoms with Gasteiger partial charge < -0.3 is 19.9 Å². The van der Waals surface area contributed by atoms with Crippen LogP contribution in [0.15, 0.2) is 0 Å². The highest BCUT2D eigenvalue weighted by Gasteiger charge is 2.43. The van der Waals surface area contributed by atoms with E-state index in [0.717, 1.165) is 25.9 Å². The third kappa shape index (κ3) is 2.85. The number of methoxy groups -OCH3 is 1. The molecular weight excluding hydrogens is 222 g/mol. The molecule has 2 aliphatic heterocycles. The van der Waals surface area contributed by atoms with E-state index in [1.807, 2.05) is 0 Å². The predicted molar refractivity (Wildman–Crippen MR) is 61.7 cm³/mol. The molecule has 2 N–H and O–H groups in total. The lowest BCUT2D eigenvalue weighted by atomic mass is 9.81. The monoisotopic (exact) mass is 243 g/mol. The maximum Gasteiger partial charge on any atom is 0.155 e. The summed E-state index contributed by atoms with van der Waals surface area (Å²) in [6.07, 6.45) is 2.39. The van der Waals surface area contributed by atoms with Crippen LogP contribution in [-0.4, -0.2) is 51.0 Å². The topological polar surface area (TPSA) is 70.8 Å². The summed E-state index contributed by atoms with van der Waals surface area (Å²) in [5.41, 5.74) is 5.57. The number of ketones is 1. The minimum absolute atomic E-state index is 0.00407. The van der Waals surface area contributed by atoms with Gasteiger partial charge in [-0.15, -0.1) is 0 Å².